The van der Waals surface area contributed by atoms with E-state index in [-0.39, 0.29) is 0 Å². The van der Waals surface area contributed by atoms with Gasteiger partial charge in [0.15, 0.2) is 0 Å². The maximum Gasteiger partial charge on any atom is 0.119 e. The Labute approximate surface area is 130 Å². The van der Waals surface area contributed by atoms with Crippen LogP contribution in [0, 0.1) is 5.92 Å². The lowest BCUT2D eigenvalue weighted by atomic mass is 9.87. The fourth-order valence-electron chi connectivity index (χ4n) is 2.86. The average Bonchev–Trinajstić information content (AvgIpc) is 2.49. The number of nitrogens with one attached hydrogen (secondary N) is 1. The van der Waals surface area contributed by atoms with Crippen molar-refractivity contribution in [3.8, 4) is 5.75 Å². The number of methoxy groups -OCH3 is 1. The van der Waals surface area contributed by atoms with Crippen LogP contribution in [0.5, 0.6) is 5.75 Å². The van der Waals surface area contributed by atoms with E-state index in [0.29, 0.717) is 12.0 Å². The molecule has 1 aromatic carbocycles. The molecule has 0 spiro atoms. The van der Waals surface area contributed by atoms with E-state index in [1.165, 1.54) is 5.56 Å². The highest BCUT2D eigenvalue weighted by molar-refractivity contribution is 9.10. The van der Waals surface area contributed by atoms with E-state index < -0.39 is 0 Å². The lowest BCUT2D eigenvalue weighted by Crippen LogP contribution is -2.40. The summed E-state index contributed by atoms with van der Waals surface area (Å²) < 4.78 is 12.0. The van der Waals surface area contributed by atoms with Gasteiger partial charge in [0.25, 0.3) is 0 Å². The third-order valence-electron chi connectivity index (χ3n) is 3.99. The van der Waals surface area contributed by atoms with Gasteiger partial charge in [0.05, 0.1) is 7.11 Å². The average molecular weight is 342 g/mol. The quantitative estimate of drug-likeness (QED) is 0.860. The molecule has 112 valence electrons. The van der Waals surface area contributed by atoms with Crippen LogP contribution in [0.1, 0.15) is 25.3 Å². The molecule has 1 N–H and O–H groups in total. The molecule has 0 saturated carbocycles. The molecule has 1 heterocycles. The second-order valence-electron chi connectivity index (χ2n) is 5.28. The van der Waals surface area contributed by atoms with Crippen LogP contribution in [0.25, 0.3) is 0 Å². The molecule has 1 aromatic rings. The molecule has 1 aliphatic rings. The van der Waals surface area contributed by atoms with Crippen LogP contribution in [-0.4, -0.2) is 32.9 Å². The van der Waals surface area contributed by atoms with Crippen molar-refractivity contribution < 1.29 is 9.47 Å². The zero-order chi connectivity index (χ0) is 14.4. The first kappa shape index (κ1) is 15.8. The molecule has 0 bridgehead atoms. The van der Waals surface area contributed by atoms with E-state index in [1.807, 2.05) is 6.07 Å². The summed E-state index contributed by atoms with van der Waals surface area (Å²) in [5.74, 6) is 1.62. The SMILES string of the molecule is CCNC(Cc1cc(OC)ccc1Br)C1CCOCC1. The second kappa shape index (κ2) is 8.01. The van der Waals surface area contributed by atoms with Gasteiger partial charge in [-0.1, -0.05) is 22.9 Å². The minimum absolute atomic E-state index is 0.507. The largest absolute Gasteiger partial charge is 0.497 e. The molecule has 0 amide bonds. The van der Waals surface area contributed by atoms with E-state index in [2.05, 4.69) is 40.3 Å². The van der Waals surface area contributed by atoms with Crippen LogP contribution in [0.2, 0.25) is 0 Å². The van der Waals surface area contributed by atoms with Crippen molar-refractivity contribution in [2.24, 2.45) is 5.92 Å². The van der Waals surface area contributed by atoms with Crippen molar-refractivity contribution in [2.75, 3.05) is 26.9 Å². The lowest BCUT2D eigenvalue weighted by Gasteiger charge is -2.31. The maximum atomic E-state index is 5.48. The Morgan fingerprint density at radius 1 is 1.40 bits per heavy atom. The normalized spacial score (nSPS) is 17.9. The summed E-state index contributed by atoms with van der Waals surface area (Å²) in [6.45, 7) is 4.97. The summed E-state index contributed by atoms with van der Waals surface area (Å²) in [6, 6.07) is 6.70. The molecule has 0 aliphatic carbocycles. The zero-order valence-corrected chi connectivity index (χ0v) is 13.9. The highest BCUT2D eigenvalue weighted by Gasteiger charge is 2.24. The van der Waals surface area contributed by atoms with Gasteiger partial charge in [0.1, 0.15) is 5.75 Å². The van der Waals surface area contributed by atoms with Crippen molar-refractivity contribution >= 4 is 15.9 Å². The van der Waals surface area contributed by atoms with Crippen LogP contribution >= 0.6 is 15.9 Å². The van der Waals surface area contributed by atoms with E-state index in [0.717, 1.165) is 49.2 Å². The highest BCUT2D eigenvalue weighted by atomic mass is 79.9. The molecular formula is C16H24BrNO2. The van der Waals surface area contributed by atoms with E-state index in [4.69, 9.17) is 9.47 Å². The number of rotatable bonds is 6. The standard InChI is InChI=1S/C16H24BrNO2/c1-3-18-16(12-6-8-20-9-7-12)11-13-10-14(19-2)4-5-15(13)17/h4-5,10,12,16,18H,3,6-9,11H2,1-2H3. The third-order valence-corrected chi connectivity index (χ3v) is 4.77. The van der Waals surface area contributed by atoms with E-state index in [9.17, 15) is 0 Å². The summed E-state index contributed by atoms with van der Waals surface area (Å²) >= 11 is 3.66. The van der Waals surface area contributed by atoms with Gasteiger partial charge in [-0.2, -0.15) is 0 Å². The Hall–Kier alpha value is -0.580. The van der Waals surface area contributed by atoms with E-state index in [1.54, 1.807) is 7.11 Å². The zero-order valence-electron chi connectivity index (χ0n) is 12.3. The number of ether oxygens (including phenoxy) is 2. The molecule has 2 rings (SSSR count). The van der Waals surface area contributed by atoms with Crippen molar-refractivity contribution in [3.63, 3.8) is 0 Å². The van der Waals surface area contributed by atoms with Gasteiger partial charge in [-0.05, 0) is 55.5 Å². The van der Waals surface area contributed by atoms with Gasteiger partial charge < -0.3 is 14.8 Å². The molecule has 0 radical (unpaired) electrons. The van der Waals surface area contributed by atoms with Crippen molar-refractivity contribution in [1.29, 1.82) is 0 Å². The number of likely N-dealkylation sites (N-methyl/N-ethyl adjacent to an activating group) is 1. The first-order valence-electron chi connectivity index (χ1n) is 7.38. The molecule has 20 heavy (non-hydrogen) atoms. The second-order valence-corrected chi connectivity index (χ2v) is 6.13. The Morgan fingerprint density at radius 2 is 2.15 bits per heavy atom. The molecule has 1 saturated heterocycles. The van der Waals surface area contributed by atoms with Gasteiger partial charge in [0.2, 0.25) is 0 Å². The third kappa shape index (κ3) is 4.21. The summed E-state index contributed by atoms with van der Waals surface area (Å²) in [4.78, 5) is 0. The Kier molecular flexibility index (Phi) is 6.33. The minimum atomic E-state index is 0.507. The Balaban J connectivity index is 2.10. The monoisotopic (exact) mass is 341 g/mol. The predicted molar refractivity (Wildman–Crippen MR) is 85.4 cm³/mol. The highest BCUT2D eigenvalue weighted by Crippen LogP contribution is 2.27. The van der Waals surface area contributed by atoms with Crippen LogP contribution < -0.4 is 10.1 Å². The Morgan fingerprint density at radius 3 is 2.80 bits per heavy atom. The molecule has 1 aliphatic heterocycles. The van der Waals surface area contributed by atoms with E-state index >= 15 is 0 Å². The lowest BCUT2D eigenvalue weighted by molar-refractivity contribution is 0.0539. The molecular weight excluding hydrogens is 318 g/mol. The predicted octanol–water partition coefficient (Wildman–Crippen LogP) is 3.40. The van der Waals surface area contributed by atoms with Gasteiger partial charge in [-0.3, -0.25) is 0 Å². The number of hydrogen-bond acceptors (Lipinski definition) is 3. The first-order valence-corrected chi connectivity index (χ1v) is 8.17. The number of hydrogen-bond donors (Lipinski definition) is 1. The molecule has 0 aromatic heterocycles. The smallest absolute Gasteiger partial charge is 0.119 e. The fourth-order valence-corrected chi connectivity index (χ4v) is 3.27. The number of benzene rings is 1. The fraction of sp³-hybridized carbons (Fsp3) is 0.625. The topological polar surface area (TPSA) is 30.5 Å². The molecule has 1 atom stereocenters. The first-order chi connectivity index (χ1) is 9.74. The van der Waals surface area contributed by atoms with Gasteiger partial charge in [-0.15, -0.1) is 0 Å². The Bertz CT molecular complexity index is 419. The molecule has 3 nitrogen and oxygen atoms in total. The van der Waals surface area contributed by atoms with Gasteiger partial charge in [0, 0.05) is 23.7 Å². The molecule has 1 fully saturated rings. The summed E-state index contributed by atoms with van der Waals surface area (Å²) in [5.41, 5.74) is 1.31. The van der Waals surface area contributed by atoms with Crippen molar-refractivity contribution in [1.82, 2.24) is 5.32 Å². The van der Waals surface area contributed by atoms with Gasteiger partial charge >= 0.3 is 0 Å². The summed E-state index contributed by atoms with van der Waals surface area (Å²) in [7, 11) is 1.72. The van der Waals surface area contributed by atoms with Crippen LogP contribution in [0.15, 0.2) is 22.7 Å². The maximum absolute atomic E-state index is 5.48. The van der Waals surface area contributed by atoms with Crippen LogP contribution in [-0.2, 0) is 11.2 Å². The van der Waals surface area contributed by atoms with Crippen molar-refractivity contribution in [2.45, 2.75) is 32.2 Å². The summed E-state index contributed by atoms with van der Waals surface area (Å²) in [5, 5.41) is 3.65. The summed E-state index contributed by atoms with van der Waals surface area (Å²) in [6.07, 6.45) is 3.33. The number of halogens is 1. The van der Waals surface area contributed by atoms with Crippen LogP contribution in [0.3, 0.4) is 0 Å². The van der Waals surface area contributed by atoms with Crippen molar-refractivity contribution in [3.05, 3.63) is 28.2 Å². The van der Waals surface area contributed by atoms with Crippen LogP contribution in [0.4, 0.5) is 0 Å². The minimum Gasteiger partial charge on any atom is -0.497 e. The van der Waals surface area contributed by atoms with Gasteiger partial charge in [-0.25, -0.2) is 0 Å². The molecule has 4 heteroatoms. The molecule has 1 unspecified atom stereocenters.